The van der Waals surface area contributed by atoms with Crippen molar-refractivity contribution in [3.05, 3.63) is 32.8 Å². The van der Waals surface area contributed by atoms with Gasteiger partial charge in [-0.25, -0.2) is 0 Å². The highest BCUT2D eigenvalue weighted by atomic mass is 35.5. The third-order valence-corrected chi connectivity index (χ3v) is 4.25. The fraction of sp³-hybridized carbons (Fsp3) is 0.571. The summed E-state index contributed by atoms with van der Waals surface area (Å²) in [7, 11) is 0. The van der Waals surface area contributed by atoms with Crippen LogP contribution in [0.15, 0.2) is 12.1 Å². The molecule has 0 aliphatic rings. The van der Waals surface area contributed by atoms with E-state index in [1.54, 1.807) is 0 Å². The number of rotatable bonds is 7. The second-order valence-corrected chi connectivity index (χ2v) is 5.52. The number of hydrogen-bond donors (Lipinski definition) is 0. The summed E-state index contributed by atoms with van der Waals surface area (Å²) < 4.78 is 0. The zero-order chi connectivity index (χ0) is 12.7. The van der Waals surface area contributed by atoms with Crippen LogP contribution in [0.4, 0.5) is 0 Å². The molecular weight excluding hydrogens is 275 g/mol. The summed E-state index contributed by atoms with van der Waals surface area (Å²) in [4.78, 5) is 0. The summed E-state index contributed by atoms with van der Waals surface area (Å²) in [6, 6.07) is 3.80. The highest BCUT2D eigenvalue weighted by Crippen LogP contribution is 2.33. The molecule has 1 aromatic carbocycles. The minimum absolute atomic E-state index is 0.483. The molecule has 0 radical (unpaired) electrons. The van der Waals surface area contributed by atoms with Crippen molar-refractivity contribution < 1.29 is 0 Å². The standard InChI is InChI=1S/C14H19Cl3/c1-2-3-4-5-6-7-8-11-9-10-12(15)14(17)13(11)16/h9-10H,2-8H2,1H3. The van der Waals surface area contributed by atoms with Gasteiger partial charge in [-0.05, 0) is 24.5 Å². The van der Waals surface area contributed by atoms with Crippen LogP contribution in [0.3, 0.4) is 0 Å². The van der Waals surface area contributed by atoms with Gasteiger partial charge in [0.15, 0.2) is 0 Å². The molecule has 0 unspecified atom stereocenters. The van der Waals surface area contributed by atoms with Crippen molar-refractivity contribution in [3.8, 4) is 0 Å². The maximum Gasteiger partial charge on any atom is 0.0781 e. The third kappa shape index (κ3) is 5.07. The SMILES string of the molecule is CCCCCCCCc1ccc(Cl)c(Cl)c1Cl. The topological polar surface area (TPSA) is 0 Å². The second kappa shape index (κ2) is 8.24. The van der Waals surface area contributed by atoms with E-state index in [9.17, 15) is 0 Å². The smallest absolute Gasteiger partial charge is 0.0781 e. The van der Waals surface area contributed by atoms with Gasteiger partial charge in [0.1, 0.15) is 0 Å². The third-order valence-electron chi connectivity index (χ3n) is 2.91. The maximum atomic E-state index is 6.14. The largest absolute Gasteiger partial charge is 0.0827 e. The summed E-state index contributed by atoms with van der Waals surface area (Å²) in [5, 5.41) is 1.63. The number of aryl methyl sites for hydroxylation is 1. The molecule has 0 atom stereocenters. The van der Waals surface area contributed by atoms with Crippen LogP contribution in [0.2, 0.25) is 15.1 Å². The fourth-order valence-electron chi connectivity index (χ4n) is 1.85. The van der Waals surface area contributed by atoms with Crippen molar-refractivity contribution in [3.63, 3.8) is 0 Å². The molecule has 0 fully saturated rings. The Labute approximate surface area is 119 Å². The van der Waals surface area contributed by atoms with E-state index in [0.29, 0.717) is 15.1 Å². The molecule has 0 amide bonds. The predicted molar refractivity (Wildman–Crippen MR) is 78.6 cm³/mol. The van der Waals surface area contributed by atoms with Crippen LogP contribution in [-0.2, 0) is 6.42 Å². The molecule has 0 aromatic heterocycles. The van der Waals surface area contributed by atoms with Gasteiger partial charge in [0.2, 0.25) is 0 Å². The van der Waals surface area contributed by atoms with Crippen molar-refractivity contribution in [1.82, 2.24) is 0 Å². The van der Waals surface area contributed by atoms with Crippen LogP contribution in [0.25, 0.3) is 0 Å². The van der Waals surface area contributed by atoms with Crippen LogP contribution in [0.1, 0.15) is 51.0 Å². The van der Waals surface area contributed by atoms with Crippen LogP contribution in [-0.4, -0.2) is 0 Å². The van der Waals surface area contributed by atoms with E-state index in [1.165, 1.54) is 38.5 Å². The molecule has 1 rings (SSSR count). The highest BCUT2D eigenvalue weighted by molar-refractivity contribution is 6.48. The Bertz CT molecular complexity index is 348. The number of halogens is 3. The molecule has 0 N–H and O–H groups in total. The van der Waals surface area contributed by atoms with E-state index in [0.717, 1.165) is 12.0 Å². The lowest BCUT2D eigenvalue weighted by atomic mass is 10.0. The predicted octanol–water partition coefficient (Wildman–Crippen LogP) is 6.55. The molecule has 0 spiro atoms. The molecule has 0 nitrogen and oxygen atoms in total. The van der Waals surface area contributed by atoms with Gasteiger partial charge in [-0.2, -0.15) is 0 Å². The lowest BCUT2D eigenvalue weighted by Gasteiger charge is -2.07. The van der Waals surface area contributed by atoms with E-state index in [4.69, 9.17) is 34.8 Å². The first-order valence-electron chi connectivity index (χ1n) is 6.29. The van der Waals surface area contributed by atoms with Gasteiger partial charge >= 0.3 is 0 Å². The van der Waals surface area contributed by atoms with Gasteiger partial charge in [0.05, 0.1) is 15.1 Å². The Morgan fingerprint density at radius 3 is 2.18 bits per heavy atom. The fourth-order valence-corrected chi connectivity index (χ4v) is 2.50. The Morgan fingerprint density at radius 1 is 0.824 bits per heavy atom. The summed E-state index contributed by atoms with van der Waals surface area (Å²) in [5.74, 6) is 0. The Kier molecular flexibility index (Phi) is 7.34. The summed E-state index contributed by atoms with van der Waals surface area (Å²) in [6.45, 7) is 2.23. The van der Waals surface area contributed by atoms with Gasteiger partial charge < -0.3 is 0 Å². The number of benzene rings is 1. The maximum absolute atomic E-state index is 6.14. The van der Waals surface area contributed by atoms with Crippen molar-refractivity contribution >= 4 is 34.8 Å². The quantitative estimate of drug-likeness (QED) is 0.395. The van der Waals surface area contributed by atoms with Crippen molar-refractivity contribution in [2.75, 3.05) is 0 Å². The first kappa shape index (κ1) is 15.1. The highest BCUT2D eigenvalue weighted by Gasteiger charge is 2.07. The number of hydrogen-bond acceptors (Lipinski definition) is 0. The summed E-state index contributed by atoms with van der Waals surface area (Å²) in [6.07, 6.45) is 8.70. The van der Waals surface area contributed by atoms with E-state index in [-0.39, 0.29) is 0 Å². The Hall–Kier alpha value is 0.0900. The van der Waals surface area contributed by atoms with Crippen LogP contribution in [0, 0.1) is 0 Å². The molecule has 96 valence electrons. The van der Waals surface area contributed by atoms with Crippen molar-refractivity contribution in [1.29, 1.82) is 0 Å². The monoisotopic (exact) mass is 292 g/mol. The van der Waals surface area contributed by atoms with E-state index in [2.05, 4.69) is 6.92 Å². The average Bonchev–Trinajstić information content (AvgIpc) is 2.33. The van der Waals surface area contributed by atoms with Crippen molar-refractivity contribution in [2.24, 2.45) is 0 Å². The van der Waals surface area contributed by atoms with Crippen LogP contribution < -0.4 is 0 Å². The summed E-state index contributed by atoms with van der Waals surface area (Å²) in [5.41, 5.74) is 1.11. The molecule has 0 saturated carbocycles. The van der Waals surface area contributed by atoms with E-state index in [1.807, 2.05) is 12.1 Å². The average molecular weight is 294 g/mol. The zero-order valence-corrected chi connectivity index (χ0v) is 12.5. The van der Waals surface area contributed by atoms with Crippen LogP contribution >= 0.6 is 34.8 Å². The molecule has 0 saturated heterocycles. The van der Waals surface area contributed by atoms with E-state index < -0.39 is 0 Å². The van der Waals surface area contributed by atoms with Gasteiger partial charge in [-0.3, -0.25) is 0 Å². The Morgan fingerprint density at radius 2 is 1.47 bits per heavy atom. The van der Waals surface area contributed by atoms with Crippen LogP contribution in [0.5, 0.6) is 0 Å². The lowest BCUT2D eigenvalue weighted by Crippen LogP contribution is -1.89. The normalized spacial score (nSPS) is 10.8. The molecule has 17 heavy (non-hydrogen) atoms. The zero-order valence-electron chi connectivity index (χ0n) is 10.2. The van der Waals surface area contributed by atoms with Gasteiger partial charge in [-0.1, -0.05) is 79.9 Å². The van der Waals surface area contributed by atoms with E-state index >= 15 is 0 Å². The second-order valence-electron chi connectivity index (χ2n) is 4.35. The first-order valence-corrected chi connectivity index (χ1v) is 7.42. The van der Waals surface area contributed by atoms with Gasteiger partial charge in [0, 0.05) is 0 Å². The molecule has 0 heterocycles. The lowest BCUT2D eigenvalue weighted by molar-refractivity contribution is 0.607. The first-order chi connectivity index (χ1) is 8.16. The summed E-state index contributed by atoms with van der Waals surface area (Å²) >= 11 is 18.0. The minimum atomic E-state index is 0.483. The molecule has 0 aliphatic carbocycles. The molecule has 0 bridgehead atoms. The molecular formula is C14H19Cl3. The molecule has 0 aliphatic heterocycles. The Balaban J connectivity index is 2.35. The van der Waals surface area contributed by atoms with Gasteiger partial charge in [-0.15, -0.1) is 0 Å². The minimum Gasteiger partial charge on any atom is -0.0827 e. The molecule has 3 heteroatoms. The number of unbranched alkanes of at least 4 members (excludes halogenated alkanes) is 5. The van der Waals surface area contributed by atoms with Gasteiger partial charge in [0.25, 0.3) is 0 Å². The molecule has 1 aromatic rings. The van der Waals surface area contributed by atoms with Crippen molar-refractivity contribution in [2.45, 2.75) is 51.9 Å².